The van der Waals surface area contributed by atoms with Crippen LogP contribution in [0.1, 0.15) is 31.2 Å². The van der Waals surface area contributed by atoms with Crippen molar-refractivity contribution in [3.63, 3.8) is 0 Å². The fourth-order valence-corrected chi connectivity index (χ4v) is 3.15. The van der Waals surface area contributed by atoms with Gasteiger partial charge >= 0.3 is 0 Å². The second-order valence-corrected chi connectivity index (χ2v) is 7.79. The largest absolute Gasteiger partial charge is 0.357 e. The highest BCUT2D eigenvalue weighted by molar-refractivity contribution is 14.0. The number of likely N-dealkylation sites (N-methyl/N-ethyl adjacent to an activating group) is 1. The molecule has 0 bridgehead atoms. The molecule has 2 rings (SSSR count). The van der Waals surface area contributed by atoms with Crippen LogP contribution in [0.25, 0.3) is 0 Å². The Morgan fingerprint density at radius 1 is 1.21 bits per heavy atom. The summed E-state index contributed by atoms with van der Waals surface area (Å²) in [7, 11) is 2.07. The van der Waals surface area contributed by atoms with Gasteiger partial charge in [-0.05, 0) is 42.5 Å². The monoisotopic (exact) mass is 514 g/mol. The third-order valence-electron chi connectivity index (χ3n) is 4.13. The molecule has 0 aliphatic carbocycles. The molecule has 154 valence electrons. The number of carbonyl (C=O) groups is 1. The summed E-state index contributed by atoms with van der Waals surface area (Å²) in [6.07, 6.45) is 1.02. The first-order valence-electron chi connectivity index (χ1n) is 9.41. The molecule has 0 aliphatic rings. The lowest BCUT2D eigenvalue weighted by molar-refractivity contribution is -0.118. The van der Waals surface area contributed by atoms with Gasteiger partial charge in [0.2, 0.25) is 5.91 Å². The molecule has 2 N–H and O–H groups in total. The first-order chi connectivity index (χ1) is 13.0. The number of thiophene rings is 1. The third-order valence-corrected chi connectivity index (χ3v) is 5.06. The zero-order chi connectivity index (χ0) is 19.6. The van der Waals surface area contributed by atoms with E-state index in [1.54, 1.807) is 11.3 Å². The minimum atomic E-state index is -0.0262. The van der Waals surface area contributed by atoms with Crippen LogP contribution in [-0.2, 0) is 17.8 Å². The van der Waals surface area contributed by atoms with Crippen molar-refractivity contribution in [2.24, 2.45) is 10.9 Å². The molecule has 0 aliphatic heterocycles. The second-order valence-electron chi connectivity index (χ2n) is 6.76. The van der Waals surface area contributed by atoms with Gasteiger partial charge in [-0.2, -0.15) is 0 Å². The zero-order valence-corrected chi connectivity index (χ0v) is 20.2. The Labute approximate surface area is 189 Å². The Kier molecular flexibility index (Phi) is 11.1. The number of halogens is 1. The number of rotatable bonds is 8. The van der Waals surface area contributed by atoms with E-state index in [2.05, 4.69) is 47.0 Å². The fourth-order valence-electron chi connectivity index (χ4n) is 2.45. The van der Waals surface area contributed by atoms with Crippen molar-refractivity contribution in [2.75, 3.05) is 25.5 Å². The van der Waals surface area contributed by atoms with Crippen molar-refractivity contribution < 1.29 is 4.79 Å². The normalized spacial score (nSPS) is 11.1. The van der Waals surface area contributed by atoms with E-state index in [-0.39, 0.29) is 35.8 Å². The average Bonchev–Trinajstić information content (AvgIpc) is 3.18. The molecular weight excluding hydrogens is 483 g/mol. The molecule has 2 aromatic rings. The fraction of sp³-hybridized carbons (Fsp3) is 0.429. The first-order valence-corrected chi connectivity index (χ1v) is 10.3. The highest BCUT2D eigenvalue weighted by Gasteiger charge is 2.08. The molecule has 7 heteroatoms. The molecule has 0 spiro atoms. The van der Waals surface area contributed by atoms with Crippen molar-refractivity contribution >= 4 is 52.9 Å². The summed E-state index contributed by atoms with van der Waals surface area (Å²) in [5.41, 5.74) is 1.93. The molecular formula is C21H31IN4OS. The Hall–Kier alpha value is -1.61. The number of guanidine groups is 1. The van der Waals surface area contributed by atoms with E-state index in [1.807, 2.05) is 38.1 Å². The van der Waals surface area contributed by atoms with Crippen LogP contribution in [0.3, 0.4) is 0 Å². The van der Waals surface area contributed by atoms with Crippen LogP contribution < -0.4 is 10.6 Å². The van der Waals surface area contributed by atoms with Crippen LogP contribution in [-0.4, -0.2) is 36.9 Å². The number of hydrogen-bond acceptors (Lipinski definition) is 3. The Bertz CT molecular complexity index is 729. The minimum Gasteiger partial charge on any atom is -0.357 e. The van der Waals surface area contributed by atoms with E-state index in [0.717, 1.165) is 36.7 Å². The molecule has 0 unspecified atom stereocenters. The maximum atomic E-state index is 11.8. The number of nitrogens with one attached hydrogen (secondary N) is 2. The standard InChI is InChI=1S/C21H30N4OS.HI/c1-5-22-21(25(4)13-12-19-7-6-14-27-19)23-15-17-8-10-18(11-9-17)24-20(26)16(2)3;/h6-11,14,16H,5,12-13,15H2,1-4H3,(H,22,23)(H,24,26);1H. The number of carbonyl (C=O) groups excluding carboxylic acids is 1. The highest BCUT2D eigenvalue weighted by Crippen LogP contribution is 2.12. The van der Waals surface area contributed by atoms with Gasteiger partial charge in [-0.15, -0.1) is 35.3 Å². The van der Waals surface area contributed by atoms with Crippen molar-refractivity contribution in [1.29, 1.82) is 0 Å². The summed E-state index contributed by atoms with van der Waals surface area (Å²) in [6.45, 7) is 8.21. The second kappa shape index (κ2) is 12.8. The summed E-state index contributed by atoms with van der Waals surface area (Å²) >= 11 is 1.79. The summed E-state index contributed by atoms with van der Waals surface area (Å²) in [4.78, 5) is 20.1. The van der Waals surface area contributed by atoms with Gasteiger partial charge in [0.05, 0.1) is 6.54 Å². The Balaban J connectivity index is 0.00000392. The molecule has 1 amide bonds. The van der Waals surface area contributed by atoms with E-state index < -0.39 is 0 Å². The number of benzene rings is 1. The molecule has 0 saturated carbocycles. The summed E-state index contributed by atoms with van der Waals surface area (Å²) in [5.74, 6) is 0.912. The maximum Gasteiger partial charge on any atom is 0.226 e. The minimum absolute atomic E-state index is 0. The lowest BCUT2D eigenvalue weighted by Crippen LogP contribution is -2.39. The van der Waals surface area contributed by atoms with Crippen LogP contribution in [0.4, 0.5) is 5.69 Å². The molecule has 1 heterocycles. The van der Waals surface area contributed by atoms with Crippen LogP contribution in [0.15, 0.2) is 46.8 Å². The van der Waals surface area contributed by atoms with Gasteiger partial charge in [0.15, 0.2) is 5.96 Å². The van der Waals surface area contributed by atoms with Gasteiger partial charge in [-0.1, -0.05) is 32.0 Å². The van der Waals surface area contributed by atoms with Gasteiger partial charge in [0.1, 0.15) is 0 Å². The molecule has 5 nitrogen and oxygen atoms in total. The first kappa shape index (κ1) is 24.4. The topological polar surface area (TPSA) is 56.7 Å². The molecule has 1 aromatic heterocycles. The van der Waals surface area contributed by atoms with Crippen molar-refractivity contribution in [2.45, 2.75) is 33.7 Å². The lowest BCUT2D eigenvalue weighted by atomic mass is 10.2. The number of anilines is 1. The third kappa shape index (κ3) is 8.18. The van der Waals surface area contributed by atoms with E-state index in [1.165, 1.54) is 4.88 Å². The lowest BCUT2D eigenvalue weighted by Gasteiger charge is -2.21. The molecule has 0 saturated heterocycles. The zero-order valence-electron chi connectivity index (χ0n) is 17.1. The summed E-state index contributed by atoms with van der Waals surface area (Å²) in [6, 6.07) is 12.1. The van der Waals surface area contributed by atoms with Crippen molar-refractivity contribution in [3.05, 3.63) is 52.2 Å². The molecule has 0 radical (unpaired) electrons. The predicted molar refractivity (Wildman–Crippen MR) is 131 cm³/mol. The average molecular weight is 514 g/mol. The van der Waals surface area contributed by atoms with Crippen molar-refractivity contribution in [1.82, 2.24) is 10.2 Å². The predicted octanol–water partition coefficient (Wildman–Crippen LogP) is 4.60. The molecule has 28 heavy (non-hydrogen) atoms. The van der Waals surface area contributed by atoms with Gasteiger partial charge < -0.3 is 15.5 Å². The Morgan fingerprint density at radius 3 is 2.50 bits per heavy atom. The summed E-state index contributed by atoms with van der Waals surface area (Å²) < 4.78 is 0. The Morgan fingerprint density at radius 2 is 1.93 bits per heavy atom. The summed E-state index contributed by atoms with van der Waals surface area (Å²) in [5, 5.41) is 8.38. The molecule has 0 atom stereocenters. The number of nitrogens with zero attached hydrogens (tertiary/aromatic N) is 2. The quantitative estimate of drug-likeness (QED) is 0.308. The van der Waals surface area contributed by atoms with E-state index in [0.29, 0.717) is 6.54 Å². The van der Waals surface area contributed by atoms with Crippen molar-refractivity contribution in [3.8, 4) is 0 Å². The van der Waals surface area contributed by atoms with E-state index in [9.17, 15) is 4.79 Å². The number of amides is 1. The van der Waals surface area contributed by atoms with E-state index >= 15 is 0 Å². The maximum absolute atomic E-state index is 11.8. The van der Waals surface area contributed by atoms with Gasteiger partial charge in [0, 0.05) is 36.6 Å². The SMILES string of the molecule is CCNC(=NCc1ccc(NC(=O)C(C)C)cc1)N(C)CCc1cccs1.I. The highest BCUT2D eigenvalue weighted by atomic mass is 127. The van der Waals surface area contributed by atoms with Gasteiger partial charge in [0.25, 0.3) is 0 Å². The smallest absolute Gasteiger partial charge is 0.226 e. The van der Waals surface area contributed by atoms with Gasteiger partial charge in [-0.3, -0.25) is 4.79 Å². The van der Waals surface area contributed by atoms with Crippen LogP contribution in [0, 0.1) is 5.92 Å². The molecule has 0 fully saturated rings. The van der Waals surface area contributed by atoms with Gasteiger partial charge in [-0.25, -0.2) is 4.99 Å². The number of hydrogen-bond donors (Lipinski definition) is 2. The van der Waals surface area contributed by atoms with E-state index in [4.69, 9.17) is 4.99 Å². The van der Waals surface area contributed by atoms with Crippen LogP contribution in [0.2, 0.25) is 0 Å². The van der Waals surface area contributed by atoms with Crippen LogP contribution in [0.5, 0.6) is 0 Å². The number of aliphatic imine (C=N–C) groups is 1. The van der Waals surface area contributed by atoms with Crippen LogP contribution >= 0.6 is 35.3 Å². The molecule has 1 aromatic carbocycles.